The monoisotopic (exact) mass is 417 g/mol. The molecule has 2 amide bonds. The molecule has 1 aliphatic heterocycles. The van der Waals surface area contributed by atoms with Crippen molar-refractivity contribution in [1.29, 1.82) is 0 Å². The number of amides is 2. The van der Waals surface area contributed by atoms with Crippen LogP contribution in [0.1, 0.15) is 0 Å². The first-order valence-corrected chi connectivity index (χ1v) is 9.75. The Kier molecular flexibility index (Phi) is 7.19. The molecule has 0 radical (unpaired) electrons. The molecule has 29 heavy (non-hydrogen) atoms. The van der Waals surface area contributed by atoms with Gasteiger partial charge in [-0.05, 0) is 36.4 Å². The molecule has 3 rings (SSSR count). The molecule has 1 N–H and O–H groups in total. The average molecular weight is 418 g/mol. The van der Waals surface area contributed by atoms with Crippen molar-refractivity contribution < 1.29 is 19.1 Å². The Morgan fingerprint density at radius 3 is 2.41 bits per heavy atom. The molecule has 1 heterocycles. The predicted octanol–water partition coefficient (Wildman–Crippen LogP) is 2.19. The minimum Gasteiger partial charge on any atom is -0.495 e. The van der Waals surface area contributed by atoms with Gasteiger partial charge in [-0.2, -0.15) is 0 Å². The molecule has 0 aliphatic carbocycles. The van der Waals surface area contributed by atoms with Crippen LogP contribution in [0.3, 0.4) is 0 Å². The molecule has 2 aromatic rings. The van der Waals surface area contributed by atoms with Crippen molar-refractivity contribution in [3.63, 3.8) is 0 Å². The van der Waals surface area contributed by atoms with Crippen molar-refractivity contribution in [2.75, 3.05) is 51.3 Å². The van der Waals surface area contributed by atoms with Crippen LogP contribution in [0.2, 0.25) is 5.02 Å². The Bertz CT molecular complexity index is 836. The summed E-state index contributed by atoms with van der Waals surface area (Å²) in [7, 11) is 1.65. The van der Waals surface area contributed by atoms with E-state index in [4.69, 9.17) is 21.1 Å². The van der Waals surface area contributed by atoms with E-state index in [1.807, 2.05) is 24.3 Å². The standard InChI is InChI=1S/C21H24ClN3O4/c1-28-19-5-3-2-4-18(19)24-10-12-25(13-11-24)21(27)14-23-20(26)15-29-17-8-6-16(22)7-9-17/h2-9H,10-15H2,1H3,(H,23,26). The number of carbonyl (C=O) groups is 2. The first-order valence-electron chi connectivity index (χ1n) is 9.37. The van der Waals surface area contributed by atoms with Crippen LogP contribution in [0.5, 0.6) is 11.5 Å². The second-order valence-electron chi connectivity index (χ2n) is 6.56. The van der Waals surface area contributed by atoms with Crippen LogP contribution in [0, 0.1) is 0 Å². The Morgan fingerprint density at radius 2 is 1.72 bits per heavy atom. The van der Waals surface area contributed by atoms with Gasteiger partial charge in [0.2, 0.25) is 5.91 Å². The molecule has 8 heteroatoms. The summed E-state index contributed by atoms with van der Waals surface area (Å²) in [4.78, 5) is 28.3. The Balaban J connectivity index is 1.40. The minimum absolute atomic E-state index is 0.0442. The number of ether oxygens (including phenoxy) is 2. The van der Waals surface area contributed by atoms with Gasteiger partial charge >= 0.3 is 0 Å². The van der Waals surface area contributed by atoms with Crippen LogP contribution in [0.15, 0.2) is 48.5 Å². The van der Waals surface area contributed by atoms with Crippen molar-refractivity contribution in [2.45, 2.75) is 0 Å². The quantitative estimate of drug-likeness (QED) is 0.747. The summed E-state index contributed by atoms with van der Waals surface area (Å²) >= 11 is 5.81. The zero-order valence-electron chi connectivity index (χ0n) is 16.3. The third-order valence-corrected chi connectivity index (χ3v) is 4.93. The summed E-state index contributed by atoms with van der Waals surface area (Å²) in [6.45, 7) is 2.40. The summed E-state index contributed by atoms with van der Waals surface area (Å²) < 4.78 is 10.8. The number of piperazine rings is 1. The highest BCUT2D eigenvalue weighted by molar-refractivity contribution is 6.30. The van der Waals surface area contributed by atoms with Crippen LogP contribution in [0.25, 0.3) is 0 Å². The molecular formula is C21H24ClN3O4. The fourth-order valence-corrected chi connectivity index (χ4v) is 3.23. The summed E-state index contributed by atoms with van der Waals surface area (Å²) in [6, 6.07) is 14.6. The van der Waals surface area contributed by atoms with Crippen molar-refractivity contribution in [2.24, 2.45) is 0 Å². The topological polar surface area (TPSA) is 71.1 Å². The molecule has 0 aromatic heterocycles. The number of carbonyl (C=O) groups excluding carboxylic acids is 2. The Labute approximate surface area is 175 Å². The molecule has 0 unspecified atom stereocenters. The van der Waals surface area contributed by atoms with Crippen LogP contribution in [-0.4, -0.2) is 63.2 Å². The molecule has 2 aromatic carbocycles. The maximum absolute atomic E-state index is 12.4. The lowest BCUT2D eigenvalue weighted by Gasteiger charge is -2.36. The maximum atomic E-state index is 12.4. The van der Waals surface area contributed by atoms with Gasteiger partial charge in [0.25, 0.3) is 5.91 Å². The number of nitrogens with zero attached hydrogens (tertiary/aromatic N) is 2. The molecule has 1 fully saturated rings. The van der Waals surface area contributed by atoms with Gasteiger partial charge in [-0.25, -0.2) is 0 Å². The molecular weight excluding hydrogens is 394 g/mol. The molecule has 7 nitrogen and oxygen atoms in total. The lowest BCUT2D eigenvalue weighted by Crippen LogP contribution is -2.51. The summed E-state index contributed by atoms with van der Waals surface area (Å²) in [5.41, 5.74) is 1.02. The fourth-order valence-electron chi connectivity index (χ4n) is 3.10. The van der Waals surface area contributed by atoms with Crippen molar-refractivity contribution in [3.8, 4) is 11.5 Å². The molecule has 0 bridgehead atoms. The third kappa shape index (κ3) is 5.77. The number of para-hydroxylation sites is 2. The predicted molar refractivity (Wildman–Crippen MR) is 112 cm³/mol. The number of benzene rings is 2. The number of rotatable bonds is 7. The smallest absolute Gasteiger partial charge is 0.258 e. The fraction of sp³-hybridized carbons (Fsp3) is 0.333. The van der Waals surface area contributed by atoms with Gasteiger partial charge in [-0.3, -0.25) is 9.59 Å². The van der Waals surface area contributed by atoms with Gasteiger partial charge in [0.1, 0.15) is 11.5 Å². The van der Waals surface area contributed by atoms with Gasteiger partial charge in [0.15, 0.2) is 6.61 Å². The second-order valence-corrected chi connectivity index (χ2v) is 7.00. The minimum atomic E-state index is -0.346. The number of hydrogen-bond acceptors (Lipinski definition) is 5. The van der Waals surface area contributed by atoms with E-state index in [0.717, 1.165) is 11.4 Å². The van der Waals surface area contributed by atoms with E-state index in [0.29, 0.717) is 37.0 Å². The molecule has 1 aliphatic rings. The lowest BCUT2D eigenvalue weighted by atomic mass is 10.2. The summed E-state index contributed by atoms with van der Waals surface area (Å²) in [5.74, 6) is 0.911. The zero-order chi connectivity index (χ0) is 20.6. The second kappa shape index (κ2) is 10.0. The molecule has 0 atom stereocenters. The van der Waals surface area contributed by atoms with Gasteiger partial charge in [-0.1, -0.05) is 23.7 Å². The number of nitrogens with one attached hydrogen (secondary N) is 1. The first-order chi connectivity index (χ1) is 14.1. The zero-order valence-corrected chi connectivity index (χ0v) is 17.0. The van der Waals surface area contributed by atoms with E-state index < -0.39 is 0 Å². The van der Waals surface area contributed by atoms with Gasteiger partial charge < -0.3 is 24.6 Å². The number of hydrogen-bond donors (Lipinski definition) is 1. The van der Waals surface area contributed by atoms with Crippen LogP contribution >= 0.6 is 11.6 Å². The van der Waals surface area contributed by atoms with Crippen molar-refractivity contribution >= 4 is 29.1 Å². The molecule has 0 saturated carbocycles. The van der Waals surface area contributed by atoms with Crippen LogP contribution < -0.4 is 19.7 Å². The Hall–Kier alpha value is -2.93. The lowest BCUT2D eigenvalue weighted by molar-refractivity contribution is -0.133. The number of halogens is 1. The van der Waals surface area contributed by atoms with E-state index in [9.17, 15) is 9.59 Å². The molecule has 1 saturated heterocycles. The maximum Gasteiger partial charge on any atom is 0.258 e. The van der Waals surface area contributed by atoms with Gasteiger partial charge in [0, 0.05) is 31.2 Å². The van der Waals surface area contributed by atoms with Gasteiger partial charge in [-0.15, -0.1) is 0 Å². The number of anilines is 1. The highest BCUT2D eigenvalue weighted by Gasteiger charge is 2.23. The summed E-state index contributed by atoms with van der Waals surface area (Å²) in [6.07, 6.45) is 0. The Morgan fingerprint density at radius 1 is 1.03 bits per heavy atom. The highest BCUT2D eigenvalue weighted by Crippen LogP contribution is 2.28. The van der Waals surface area contributed by atoms with E-state index in [1.165, 1.54) is 0 Å². The average Bonchev–Trinajstić information content (AvgIpc) is 2.77. The van der Waals surface area contributed by atoms with Crippen LogP contribution in [0.4, 0.5) is 5.69 Å². The largest absolute Gasteiger partial charge is 0.495 e. The number of methoxy groups -OCH3 is 1. The van der Waals surface area contributed by atoms with Gasteiger partial charge in [0.05, 0.1) is 19.3 Å². The van der Waals surface area contributed by atoms with Crippen molar-refractivity contribution in [1.82, 2.24) is 10.2 Å². The highest BCUT2D eigenvalue weighted by atomic mass is 35.5. The first kappa shape index (κ1) is 20.8. The normalized spacial score (nSPS) is 13.7. The molecule has 0 spiro atoms. The van der Waals surface area contributed by atoms with E-state index >= 15 is 0 Å². The third-order valence-electron chi connectivity index (χ3n) is 4.68. The van der Waals surface area contributed by atoms with Crippen LogP contribution in [-0.2, 0) is 9.59 Å². The SMILES string of the molecule is COc1ccccc1N1CCN(C(=O)CNC(=O)COc2ccc(Cl)cc2)CC1. The van der Waals surface area contributed by atoms with E-state index in [1.54, 1.807) is 36.3 Å². The van der Waals surface area contributed by atoms with E-state index in [-0.39, 0.29) is 25.0 Å². The summed E-state index contributed by atoms with van der Waals surface area (Å²) in [5, 5.41) is 3.20. The van der Waals surface area contributed by atoms with Crippen molar-refractivity contribution in [3.05, 3.63) is 53.6 Å². The van der Waals surface area contributed by atoms with E-state index in [2.05, 4.69) is 10.2 Å². The molecule has 154 valence electrons.